The summed E-state index contributed by atoms with van der Waals surface area (Å²) in [5, 5.41) is 0. The van der Waals surface area contributed by atoms with Crippen LogP contribution in [0.4, 0.5) is 0 Å². The molecule has 0 fully saturated rings. The fourth-order valence-electron chi connectivity index (χ4n) is 2.42. The summed E-state index contributed by atoms with van der Waals surface area (Å²) in [6, 6.07) is 0. The first-order chi connectivity index (χ1) is 8.62. The second-order valence-corrected chi connectivity index (χ2v) is 6.02. The van der Waals surface area contributed by atoms with Gasteiger partial charge in [-0.05, 0) is 13.3 Å². The summed E-state index contributed by atoms with van der Waals surface area (Å²) in [4.78, 5) is 0. The van der Waals surface area contributed by atoms with Gasteiger partial charge in [0.2, 0.25) is 0 Å². The highest BCUT2D eigenvalue weighted by molar-refractivity contribution is 4.77. The van der Waals surface area contributed by atoms with Crippen LogP contribution in [0.2, 0.25) is 0 Å². The van der Waals surface area contributed by atoms with Gasteiger partial charge in [0, 0.05) is 12.6 Å². The van der Waals surface area contributed by atoms with Crippen LogP contribution in [-0.2, 0) is 4.74 Å². The summed E-state index contributed by atoms with van der Waals surface area (Å²) in [5.74, 6) is 0. The maximum atomic E-state index is 6.11. The fraction of sp³-hybridized carbons (Fsp3) is 1.00. The van der Waals surface area contributed by atoms with Crippen molar-refractivity contribution >= 4 is 0 Å². The highest BCUT2D eigenvalue weighted by atomic mass is 16.5. The van der Waals surface area contributed by atoms with Crippen molar-refractivity contribution in [1.29, 1.82) is 0 Å². The molecule has 0 aromatic carbocycles. The summed E-state index contributed by atoms with van der Waals surface area (Å²) in [5.41, 5.74) is 5.98. The third-order valence-electron chi connectivity index (χ3n) is 3.58. The van der Waals surface area contributed by atoms with Crippen LogP contribution >= 0.6 is 0 Å². The smallest absolute Gasteiger partial charge is 0.0639 e. The van der Waals surface area contributed by atoms with Gasteiger partial charge in [-0.1, -0.05) is 71.1 Å². The van der Waals surface area contributed by atoms with Crippen LogP contribution in [0.1, 0.15) is 84.5 Å². The van der Waals surface area contributed by atoms with Crippen molar-refractivity contribution in [3.05, 3.63) is 0 Å². The van der Waals surface area contributed by atoms with Crippen LogP contribution in [0.5, 0.6) is 0 Å². The van der Waals surface area contributed by atoms with Gasteiger partial charge in [0.05, 0.1) is 6.61 Å². The standard InChI is InChI=1S/C16H35NO/c1-4-5-6-7-8-9-10-11-12-13-14-16(2,17)15-18-3/h4-15,17H2,1-3H3. The van der Waals surface area contributed by atoms with Gasteiger partial charge in [-0.2, -0.15) is 0 Å². The molecule has 0 aromatic heterocycles. The molecule has 2 nitrogen and oxygen atoms in total. The number of hydrogen-bond acceptors (Lipinski definition) is 2. The van der Waals surface area contributed by atoms with E-state index in [9.17, 15) is 0 Å². The molecule has 18 heavy (non-hydrogen) atoms. The summed E-state index contributed by atoms with van der Waals surface area (Å²) >= 11 is 0. The lowest BCUT2D eigenvalue weighted by molar-refractivity contribution is 0.134. The monoisotopic (exact) mass is 257 g/mol. The molecule has 0 aliphatic rings. The molecule has 1 atom stereocenters. The molecule has 2 N–H and O–H groups in total. The summed E-state index contributed by atoms with van der Waals surface area (Å²) in [6.45, 7) is 5.03. The molecule has 0 aliphatic carbocycles. The molecule has 0 bridgehead atoms. The third kappa shape index (κ3) is 12.4. The fourth-order valence-corrected chi connectivity index (χ4v) is 2.42. The highest BCUT2D eigenvalue weighted by Gasteiger charge is 2.16. The van der Waals surface area contributed by atoms with Crippen molar-refractivity contribution in [1.82, 2.24) is 0 Å². The van der Waals surface area contributed by atoms with E-state index >= 15 is 0 Å². The van der Waals surface area contributed by atoms with Crippen molar-refractivity contribution in [2.75, 3.05) is 13.7 Å². The van der Waals surface area contributed by atoms with Crippen LogP contribution in [0, 0.1) is 0 Å². The van der Waals surface area contributed by atoms with Crippen LogP contribution in [0.15, 0.2) is 0 Å². The lowest BCUT2D eigenvalue weighted by Crippen LogP contribution is -2.40. The van der Waals surface area contributed by atoms with Crippen LogP contribution in [-0.4, -0.2) is 19.3 Å². The number of ether oxygens (including phenoxy) is 1. The SMILES string of the molecule is CCCCCCCCCCCCC(C)(N)COC. The normalized spacial score (nSPS) is 14.7. The zero-order valence-corrected chi connectivity index (χ0v) is 13.0. The van der Waals surface area contributed by atoms with Crippen molar-refractivity contribution in [2.24, 2.45) is 5.73 Å². The van der Waals surface area contributed by atoms with Crippen molar-refractivity contribution in [3.63, 3.8) is 0 Å². The quantitative estimate of drug-likeness (QED) is 0.487. The van der Waals surface area contributed by atoms with E-state index in [2.05, 4.69) is 13.8 Å². The summed E-state index contributed by atoms with van der Waals surface area (Å²) in [7, 11) is 1.73. The maximum Gasteiger partial charge on any atom is 0.0639 e. The Hall–Kier alpha value is -0.0800. The number of rotatable bonds is 13. The van der Waals surface area contributed by atoms with Gasteiger partial charge in [-0.25, -0.2) is 0 Å². The Morgan fingerprint density at radius 1 is 0.833 bits per heavy atom. The minimum Gasteiger partial charge on any atom is -0.383 e. The van der Waals surface area contributed by atoms with Crippen LogP contribution < -0.4 is 5.73 Å². The van der Waals surface area contributed by atoms with E-state index in [0.717, 1.165) is 6.42 Å². The molecule has 0 saturated heterocycles. The predicted octanol–water partition coefficient (Wildman–Crippen LogP) is 4.66. The van der Waals surface area contributed by atoms with Crippen molar-refractivity contribution in [2.45, 2.75) is 90.0 Å². The van der Waals surface area contributed by atoms with Crippen molar-refractivity contribution < 1.29 is 4.74 Å². The molecule has 2 heteroatoms. The molecule has 110 valence electrons. The Labute approximate surface area is 115 Å². The number of unbranched alkanes of at least 4 members (excludes halogenated alkanes) is 9. The molecular weight excluding hydrogens is 222 g/mol. The molecule has 0 spiro atoms. The topological polar surface area (TPSA) is 35.2 Å². The molecule has 0 heterocycles. The maximum absolute atomic E-state index is 6.11. The minimum atomic E-state index is -0.130. The van der Waals surface area contributed by atoms with E-state index < -0.39 is 0 Å². The van der Waals surface area contributed by atoms with Crippen molar-refractivity contribution in [3.8, 4) is 0 Å². The Kier molecular flexibility index (Phi) is 11.9. The van der Waals surface area contributed by atoms with E-state index in [0.29, 0.717) is 6.61 Å². The van der Waals surface area contributed by atoms with Gasteiger partial charge >= 0.3 is 0 Å². The zero-order chi connectivity index (χ0) is 13.7. The largest absolute Gasteiger partial charge is 0.383 e. The second kappa shape index (κ2) is 12.0. The van der Waals surface area contributed by atoms with Crippen LogP contribution in [0.3, 0.4) is 0 Å². The minimum absolute atomic E-state index is 0.130. The first-order valence-electron chi connectivity index (χ1n) is 7.90. The summed E-state index contributed by atoms with van der Waals surface area (Å²) < 4.78 is 5.12. The van der Waals surface area contributed by atoms with Gasteiger partial charge in [0.15, 0.2) is 0 Å². The average Bonchev–Trinajstić information content (AvgIpc) is 2.31. The number of methoxy groups -OCH3 is 1. The van der Waals surface area contributed by atoms with Gasteiger partial charge in [-0.3, -0.25) is 0 Å². The Bertz CT molecular complexity index is 168. The molecule has 1 unspecified atom stereocenters. The average molecular weight is 257 g/mol. The van der Waals surface area contributed by atoms with Gasteiger partial charge in [-0.15, -0.1) is 0 Å². The Balaban J connectivity index is 3.16. The van der Waals surface area contributed by atoms with Gasteiger partial charge in [0.25, 0.3) is 0 Å². The first kappa shape index (κ1) is 17.9. The Morgan fingerprint density at radius 2 is 1.28 bits per heavy atom. The van der Waals surface area contributed by atoms with E-state index in [4.69, 9.17) is 10.5 Å². The third-order valence-corrected chi connectivity index (χ3v) is 3.58. The molecule has 0 aromatic rings. The molecule has 0 saturated carbocycles. The van der Waals surface area contributed by atoms with Gasteiger partial charge in [0.1, 0.15) is 0 Å². The van der Waals surface area contributed by atoms with Crippen LogP contribution in [0.25, 0.3) is 0 Å². The van der Waals surface area contributed by atoms with E-state index in [-0.39, 0.29) is 5.54 Å². The van der Waals surface area contributed by atoms with E-state index in [1.54, 1.807) is 7.11 Å². The number of hydrogen-bond donors (Lipinski definition) is 1. The Morgan fingerprint density at radius 3 is 1.72 bits per heavy atom. The predicted molar refractivity (Wildman–Crippen MR) is 80.9 cm³/mol. The lowest BCUT2D eigenvalue weighted by Gasteiger charge is -2.23. The lowest BCUT2D eigenvalue weighted by atomic mass is 9.96. The van der Waals surface area contributed by atoms with Gasteiger partial charge < -0.3 is 10.5 Å². The molecular formula is C16H35NO. The van der Waals surface area contributed by atoms with E-state index in [1.807, 2.05) is 0 Å². The zero-order valence-electron chi connectivity index (χ0n) is 13.0. The molecule has 0 rings (SSSR count). The first-order valence-corrected chi connectivity index (χ1v) is 7.90. The molecule has 0 amide bonds. The number of nitrogens with two attached hydrogens (primary N) is 1. The highest BCUT2D eigenvalue weighted by Crippen LogP contribution is 2.15. The molecule has 0 aliphatic heterocycles. The summed E-state index contributed by atoms with van der Waals surface area (Å²) in [6.07, 6.45) is 14.9. The molecule has 0 radical (unpaired) electrons. The second-order valence-electron chi connectivity index (χ2n) is 6.02. The van der Waals surface area contributed by atoms with E-state index in [1.165, 1.54) is 64.2 Å².